The van der Waals surface area contributed by atoms with Gasteiger partial charge in [0.05, 0.1) is 0 Å². The quantitative estimate of drug-likeness (QED) is 0.778. The summed E-state index contributed by atoms with van der Waals surface area (Å²) in [7, 11) is 0. The molecule has 0 radical (unpaired) electrons. The van der Waals surface area contributed by atoms with Crippen molar-refractivity contribution in [3.63, 3.8) is 0 Å². The maximum atomic E-state index is 11.9. The van der Waals surface area contributed by atoms with E-state index in [1.807, 2.05) is 6.92 Å². The first kappa shape index (κ1) is 13.8. The monoisotopic (exact) mass is 258 g/mol. The van der Waals surface area contributed by atoms with Gasteiger partial charge in [-0.15, -0.1) is 0 Å². The average Bonchev–Trinajstić information content (AvgIpc) is 2.41. The van der Waals surface area contributed by atoms with Crippen molar-refractivity contribution >= 4 is 22.8 Å². The number of amides is 1. The van der Waals surface area contributed by atoms with E-state index in [1.165, 1.54) is 11.1 Å². The Kier molecular flexibility index (Phi) is 5.43. The maximum absolute atomic E-state index is 11.9. The number of carbonyl (C=O) groups excluding carboxylic acids is 1. The lowest BCUT2D eigenvalue weighted by Gasteiger charge is -2.15. The number of thioether (sulfide) groups is 1. The number of aromatic nitrogens is 1. The largest absolute Gasteiger partial charge is 0.291 e. The van der Waals surface area contributed by atoms with Crippen molar-refractivity contribution in [2.45, 2.75) is 6.92 Å². The Morgan fingerprint density at radius 2 is 2.22 bits per heavy atom. The summed E-state index contributed by atoms with van der Waals surface area (Å²) in [5.74, 6) is 0.983. The highest BCUT2D eigenvalue weighted by atomic mass is 32.2. The average molecular weight is 258 g/mol. The molecule has 0 unspecified atom stereocenters. The first-order valence-electron chi connectivity index (χ1n) is 5.12. The second-order valence-electron chi connectivity index (χ2n) is 3.02. The number of allylic oxidation sites excluding steroid dienone is 1. The van der Waals surface area contributed by atoms with E-state index in [1.54, 1.807) is 36.5 Å². The van der Waals surface area contributed by atoms with Crippen LogP contribution in [0.2, 0.25) is 0 Å². The van der Waals surface area contributed by atoms with Gasteiger partial charge in [0.2, 0.25) is 0 Å². The van der Waals surface area contributed by atoms with Crippen molar-refractivity contribution in [3.05, 3.63) is 36.2 Å². The summed E-state index contributed by atoms with van der Waals surface area (Å²) < 4.78 is 0. The number of nitrogens with zero attached hydrogens (tertiary/aromatic N) is 4. The van der Waals surface area contributed by atoms with E-state index in [0.717, 1.165) is 11.8 Å². The van der Waals surface area contributed by atoms with Crippen molar-refractivity contribution in [3.8, 4) is 12.1 Å². The van der Waals surface area contributed by atoms with Crippen LogP contribution in [0.25, 0.3) is 0 Å². The third kappa shape index (κ3) is 3.62. The highest BCUT2D eigenvalue weighted by Crippen LogP contribution is 2.18. The minimum Gasteiger partial charge on any atom is -0.261 e. The van der Waals surface area contributed by atoms with E-state index in [-0.39, 0.29) is 10.8 Å². The lowest BCUT2D eigenvalue weighted by molar-refractivity contribution is 0.266. The molecule has 5 nitrogen and oxygen atoms in total. The van der Waals surface area contributed by atoms with Gasteiger partial charge >= 0.3 is 0 Å². The molecule has 0 bridgehead atoms. The Morgan fingerprint density at radius 3 is 2.72 bits per heavy atom. The number of anilines is 1. The van der Waals surface area contributed by atoms with Gasteiger partial charge in [0.15, 0.2) is 0 Å². The molecule has 6 heteroatoms. The Morgan fingerprint density at radius 1 is 1.50 bits per heavy atom. The number of carbonyl (C=O) groups is 1. The third-order valence-electron chi connectivity index (χ3n) is 1.86. The normalized spacial score (nSPS) is 8.83. The zero-order valence-corrected chi connectivity index (χ0v) is 10.5. The van der Waals surface area contributed by atoms with Crippen LogP contribution in [0.4, 0.5) is 10.6 Å². The fourth-order valence-electron chi connectivity index (χ4n) is 1.11. The van der Waals surface area contributed by atoms with E-state index in [9.17, 15) is 4.79 Å². The number of nitriles is 2. The molecule has 1 aromatic heterocycles. The maximum Gasteiger partial charge on any atom is 0.291 e. The molecule has 0 aliphatic rings. The molecular weight excluding hydrogens is 248 g/mol. The van der Waals surface area contributed by atoms with Gasteiger partial charge in [0, 0.05) is 12.4 Å². The second-order valence-corrected chi connectivity index (χ2v) is 4.24. The van der Waals surface area contributed by atoms with Gasteiger partial charge in [-0.05, 0) is 17.9 Å². The van der Waals surface area contributed by atoms with Crippen LogP contribution in [-0.4, -0.2) is 16.0 Å². The summed E-state index contributed by atoms with van der Waals surface area (Å²) in [6, 6.07) is 8.52. The van der Waals surface area contributed by atoms with Crippen LogP contribution in [0.3, 0.4) is 0 Å². The number of hydrogen-bond acceptors (Lipinski definition) is 5. The predicted octanol–water partition coefficient (Wildman–Crippen LogP) is 2.69. The van der Waals surface area contributed by atoms with Crippen LogP contribution in [-0.2, 0) is 0 Å². The van der Waals surface area contributed by atoms with Gasteiger partial charge in [-0.2, -0.15) is 10.5 Å². The van der Waals surface area contributed by atoms with Crippen LogP contribution in [0, 0.1) is 22.7 Å². The van der Waals surface area contributed by atoms with Gasteiger partial charge in [-0.3, -0.25) is 9.69 Å². The van der Waals surface area contributed by atoms with E-state index >= 15 is 0 Å². The molecule has 1 rings (SSSR count). The Labute approximate surface area is 109 Å². The fourth-order valence-corrected chi connectivity index (χ4v) is 1.65. The first-order chi connectivity index (χ1) is 8.72. The van der Waals surface area contributed by atoms with Crippen LogP contribution in [0.5, 0.6) is 0 Å². The van der Waals surface area contributed by atoms with Gasteiger partial charge in [-0.25, -0.2) is 4.98 Å². The molecule has 0 aromatic carbocycles. The van der Waals surface area contributed by atoms with Gasteiger partial charge in [0.1, 0.15) is 23.5 Å². The first-order valence-corrected chi connectivity index (χ1v) is 6.10. The summed E-state index contributed by atoms with van der Waals surface area (Å²) >= 11 is 1.08. The molecule has 18 heavy (non-hydrogen) atoms. The van der Waals surface area contributed by atoms with Crippen molar-refractivity contribution in [1.29, 1.82) is 10.5 Å². The standard InChI is InChI=1S/C12H10N4OS/c1-2-18-12(17)16(9-10(7-13)8-14)11-5-3-4-6-15-11/h3-6,9H,2H2,1H3. The second kappa shape index (κ2) is 7.10. The molecule has 0 aliphatic carbocycles. The molecule has 0 atom stereocenters. The van der Waals surface area contributed by atoms with Crippen LogP contribution >= 0.6 is 11.8 Å². The lowest BCUT2D eigenvalue weighted by Crippen LogP contribution is -2.22. The molecule has 1 heterocycles. The molecule has 0 saturated carbocycles. The number of pyridine rings is 1. The van der Waals surface area contributed by atoms with Crippen molar-refractivity contribution in [2.75, 3.05) is 10.7 Å². The molecule has 90 valence electrons. The van der Waals surface area contributed by atoms with Gasteiger partial charge in [0.25, 0.3) is 5.24 Å². The molecule has 0 N–H and O–H groups in total. The highest BCUT2D eigenvalue weighted by Gasteiger charge is 2.15. The molecule has 0 spiro atoms. The summed E-state index contributed by atoms with van der Waals surface area (Å²) in [4.78, 5) is 17.1. The minimum absolute atomic E-state index is 0.147. The van der Waals surface area contributed by atoms with E-state index in [0.29, 0.717) is 11.6 Å². The SMILES string of the molecule is CCSC(=O)N(C=C(C#N)C#N)c1ccccn1. The summed E-state index contributed by atoms with van der Waals surface area (Å²) in [6.07, 6.45) is 2.74. The summed E-state index contributed by atoms with van der Waals surface area (Å²) in [5.41, 5.74) is -0.147. The molecule has 0 saturated heterocycles. The summed E-state index contributed by atoms with van der Waals surface area (Å²) in [5, 5.41) is 17.2. The predicted molar refractivity (Wildman–Crippen MR) is 69.6 cm³/mol. The fraction of sp³-hybridized carbons (Fsp3) is 0.167. The van der Waals surface area contributed by atoms with Crippen molar-refractivity contribution < 1.29 is 4.79 Å². The zero-order chi connectivity index (χ0) is 13.4. The van der Waals surface area contributed by atoms with Crippen molar-refractivity contribution in [2.24, 2.45) is 0 Å². The molecule has 1 amide bonds. The molecule has 0 fully saturated rings. The topological polar surface area (TPSA) is 80.8 Å². The lowest BCUT2D eigenvalue weighted by atomic mass is 10.3. The highest BCUT2D eigenvalue weighted by molar-refractivity contribution is 8.13. The van der Waals surface area contributed by atoms with Gasteiger partial charge < -0.3 is 0 Å². The summed E-state index contributed by atoms with van der Waals surface area (Å²) in [6.45, 7) is 1.85. The van der Waals surface area contributed by atoms with E-state index < -0.39 is 0 Å². The Hall–Kier alpha value is -2.31. The molecule has 0 aliphatic heterocycles. The Bertz CT molecular complexity index is 511. The Balaban J connectivity index is 3.13. The number of rotatable bonds is 3. The van der Waals surface area contributed by atoms with Crippen molar-refractivity contribution in [1.82, 2.24) is 4.98 Å². The molecule has 1 aromatic rings. The smallest absolute Gasteiger partial charge is 0.261 e. The van der Waals surface area contributed by atoms with Gasteiger partial charge in [-0.1, -0.05) is 24.8 Å². The van der Waals surface area contributed by atoms with Crippen LogP contribution in [0.15, 0.2) is 36.2 Å². The minimum atomic E-state index is -0.279. The van der Waals surface area contributed by atoms with E-state index in [4.69, 9.17) is 10.5 Å². The third-order valence-corrected chi connectivity index (χ3v) is 2.59. The number of hydrogen-bond donors (Lipinski definition) is 0. The van der Waals surface area contributed by atoms with Crippen LogP contribution in [0.1, 0.15) is 6.92 Å². The molecular formula is C12H10N4OS. The van der Waals surface area contributed by atoms with Crippen LogP contribution < -0.4 is 4.90 Å². The van der Waals surface area contributed by atoms with E-state index in [2.05, 4.69) is 4.98 Å². The zero-order valence-electron chi connectivity index (χ0n) is 9.70.